The molecule has 5 rings (SSSR count). The van der Waals surface area contributed by atoms with E-state index in [1.165, 1.54) is 17.5 Å². The zero-order valence-electron chi connectivity index (χ0n) is 18.7. The Morgan fingerprint density at radius 3 is 2.35 bits per heavy atom. The summed E-state index contributed by atoms with van der Waals surface area (Å²) in [6, 6.07) is 3.78. The molecule has 0 fully saturated rings. The Hall–Kier alpha value is -4.49. The third kappa shape index (κ3) is 4.23. The minimum atomic E-state index is -4.76. The quantitative estimate of drug-likeness (QED) is 0.268. The lowest BCUT2D eigenvalue weighted by molar-refractivity contribution is -0.140. The maximum absolute atomic E-state index is 14.3. The third-order valence-corrected chi connectivity index (χ3v) is 5.57. The average molecular weight is 521 g/mol. The van der Waals surface area contributed by atoms with Gasteiger partial charge >= 0.3 is 6.18 Å². The lowest BCUT2D eigenvalue weighted by Crippen LogP contribution is -2.09. The van der Waals surface area contributed by atoms with Crippen molar-refractivity contribution in [2.24, 2.45) is 7.05 Å². The van der Waals surface area contributed by atoms with Crippen LogP contribution in [0.2, 0.25) is 0 Å². The predicted octanol–water partition coefficient (Wildman–Crippen LogP) is 4.94. The van der Waals surface area contributed by atoms with Crippen molar-refractivity contribution in [1.82, 2.24) is 29.1 Å². The van der Waals surface area contributed by atoms with Crippen LogP contribution in [0.25, 0.3) is 28.2 Å². The van der Waals surface area contributed by atoms with Crippen LogP contribution in [-0.4, -0.2) is 29.1 Å². The Kier molecular flexibility index (Phi) is 5.61. The van der Waals surface area contributed by atoms with Crippen LogP contribution in [0.4, 0.5) is 36.6 Å². The number of rotatable bonds is 4. The fraction of sp³-hybridized carbons (Fsp3) is 0.130. The molecule has 0 aliphatic carbocycles. The zero-order chi connectivity index (χ0) is 26.6. The van der Waals surface area contributed by atoms with Gasteiger partial charge in [0.15, 0.2) is 23.2 Å². The fourth-order valence-electron chi connectivity index (χ4n) is 3.91. The molecule has 37 heavy (non-hydrogen) atoms. The van der Waals surface area contributed by atoms with E-state index in [0.29, 0.717) is 6.07 Å². The topological polar surface area (TPSA) is 86.9 Å². The van der Waals surface area contributed by atoms with E-state index in [4.69, 9.17) is 5.73 Å². The number of fused-ring (bicyclic) bond motifs is 1. The molecule has 1 aromatic carbocycles. The zero-order valence-corrected chi connectivity index (χ0v) is 18.7. The minimum absolute atomic E-state index is 0.00713. The van der Waals surface area contributed by atoms with Gasteiger partial charge in [0.2, 0.25) is 0 Å². The minimum Gasteiger partial charge on any atom is -0.383 e. The van der Waals surface area contributed by atoms with Gasteiger partial charge in [-0.3, -0.25) is 9.08 Å². The van der Waals surface area contributed by atoms with Crippen molar-refractivity contribution in [3.8, 4) is 22.6 Å². The smallest absolute Gasteiger partial charge is 0.383 e. The van der Waals surface area contributed by atoms with Crippen LogP contribution in [0.5, 0.6) is 0 Å². The summed E-state index contributed by atoms with van der Waals surface area (Å²) in [5.74, 6) is -4.98. The number of alkyl halides is 3. The first-order valence-electron chi connectivity index (χ1n) is 10.5. The van der Waals surface area contributed by atoms with Gasteiger partial charge in [-0.25, -0.2) is 32.5 Å². The van der Waals surface area contributed by atoms with Crippen molar-refractivity contribution in [2.75, 3.05) is 5.73 Å². The second kappa shape index (κ2) is 8.57. The predicted molar refractivity (Wildman–Crippen MR) is 117 cm³/mol. The summed E-state index contributed by atoms with van der Waals surface area (Å²) >= 11 is 0. The van der Waals surface area contributed by atoms with Gasteiger partial charge in [-0.1, -0.05) is 0 Å². The molecular weight excluding hydrogens is 507 g/mol. The van der Waals surface area contributed by atoms with Crippen molar-refractivity contribution in [3.63, 3.8) is 0 Å². The number of nitrogens with two attached hydrogens (primary N) is 1. The van der Waals surface area contributed by atoms with Crippen LogP contribution < -0.4 is 5.73 Å². The number of pyridine rings is 1. The summed E-state index contributed by atoms with van der Waals surface area (Å²) in [4.78, 5) is 12.4. The first kappa shape index (κ1) is 24.2. The summed E-state index contributed by atoms with van der Waals surface area (Å²) in [7, 11) is 1.31. The van der Waals surface area contributed by atoms with E-state index in [2.05, 4.69) is 20.1 Å². The molecule has 0 radical (unpaired) electrons. The molecule has 0 aliphatic rings. The number of benzene rings is 1. The van der Waals surface area contributed by atoms with Crippen LogP contribution in [0.1, 0.15) is 17.1 Å². The lowest BCUT2D eigenvalue weighted by Gasteiger charge is -2.08. The van der Waals surface area contributed by atoms with Gasteiger partial charge in [0.05, 0.1) is 5.52 Å². The van der Waals surface area contributed by atoms with Crippen molar-refractivity contribution < 1.29 is 30.7 Å². The Labute approximate surface area is 203 Å². The van der Waals surface area contributed by atoms with E-state index in [1.54, 1.807) is 0 Å². The summed E-state index contributed by atoms with van der Waals surface area (Å²) in [5.41, 5.74) is 3.91. The molecule has 4 heterocycles. The molecule has 0 saturated heterocycles. The van der Waals surface area contributed by atoms with Crippen LogP contribution in [0, 0.1) is 23.3 Å². The molecule has 0 amide bonds. The van der Waals surface area contributed by atoms with Crippen LogP contribution in [0.15, 0.2) is 42.9 Å². The van der Waals surface area contributed by atoms with Gasteiger partial charge in [0, 0.05) is 48.7 Å². The van der Waals surface area contributed by atoms with E-state index < -0.39 is 47.1 Å². The molecule has 5 aromatic rings. The highest BCUT2D eigenvalue weighted by atomic mass is 19.4. The van der Waals surface area contributed by atoms with Gasteiger partial charge in [-0.05, 0) is 24.3 Å². The number of nitrogens with zero attached hydrogens (tertiary/aromatic N) is 6. The second-order valence-corrected chi connectivity index (χ2v) is 8.03. The highest BCUT2D eigenvalue weighted by molar-refractivity contribution is 5.79. The number of aryl methyl sites for hydroxylation is 1. The molecule has 2 N–H and O–H groups in total. The fourth-order valence-corrected chi connectivity index (χ4v) is 3.91. The highest BCUT2D eigenvalue weighted by Gasteiger charge is 2.38. The van der Waals surface area contributed by atoms with Gasteiger partial charge in [0.25, 0.3) is 0 Å². The Bertz CT molecular complexity index is 1670. The van der Waals surface area contributed by atoms with Crippen molar-refractivity contribution in [1.29, 1.82) is 0 Å². The average Bonchev–Trinajstić information content (AvgIpc) is 3.39. The first-order chi connectivity index (χ1) is 17.4. The van der Waals surface area contributed by atoms with E-state index in [1.807, 2.05) is 0 Å². The van der Waals surface area contributed by atoms with Crippen LogP contribution in [-0.2, 0) is 19.6 Å². The van der Waals surface area contributed by atoms with Crippen LogP contribution in [0.3, 0.4) is 0 Å². The van der Waals surface area contributed by atoms with E-state index in [-0.39, 0.29) is 39.8 Å². The Morgan fingerprint density at radius 2 is 1.65 bits per heavy atom. The van der Waals surface area contributed by atoms with Gasteiger partial charge in [-0.2, -0.15) is 18.3 Å². The SMILES string of the molecule is Cn1cc(-c2cnc(-c3nc(Cc4c(F)ccc(F)c4F)n4cc(F)ccc34)nc2N)c(C(F)(F)F)n1. The monoisotopic (exact) mass is 521 g/mol. The van der Waals surface area contributed by atoms with E-state index >= 15 is 0 Å². The molecule has 0 spiro atoms. The Morgan fingerprint density at radius 1 is 0.919 bits per heavy atom. The summed E-state index contributed by atoms with van der Waals surface area (Å²) in [6.07, 6.45) is -2.14. The Balaban J connectivity index is 1.63. The first-order valence-corrected chi connectivity index (χ1v) is 10.5. The van der Waals surface area contributed by atoms with Crippen LogP contribution >= 0.6 is 0 Å². The van der Waals surface area contributed by atoms with E-state index in [9.17, 15) is 30.7 Å². The molecule has 14 heteroatoms. The largest absolute Gasteiger partial charge is 0.435 e. The second-order valence-electron chi connectivity index (χ2n) is 8.03. The summed E-state index contributed by atoms with van der Waals surface area (Å²) < 4.78 is 98.7. The van der Waals surface area contributed by atoms with Gasteiger partial charge < -0.3 is 5.73 Å². The summed E-state index contributed by atoms with van der Waals surface area (Å²) in [6.45, 7) is 0. The van der Waals surface area contributed by atoms with Crippen molar-refractivity contribution in [3.05, 3.63) is 83.2 Å². The number of hydrogen-bond donors (Lipinski definition) is 1. The number of aromatic nitrogens is 6. The number of hydrogen-bond acceptors (Lipinski definition) is 5. The third-order valence-electron chi connectivity index (χ3n) is 5.57. The maximum atomic E-state index is 14.3. The molecule has 0 atom stereocenters. The number of imidazole rings is 1. The molecule has 0 unspecified atom stereocenters. The summed E-state index contributed by atoms with van der Waals surface area (Å²) in [5, 5.41) is 3.43. The molecule has 190 valence electrons. The molecule has 0 bridgehead atoms. The molecule has 0 saturated carbocycles. The number of halogens is 7. The molecule has 7 nitrogen and oxygen atoms in total. The van der Waals surface area contributed by atoms with Gasteiger partial charge in [-0.15, -0.1) is 0 Å². The standard InChI is InChI=1S/C23H14F7N7/c1-36-9-13(20(35-36)23(28,29)30)12-7-32-22(34-21(12)31)19-16-5-2-10(24)8-37(16)17(33-19)6-11-14(25)3-4-15(26)18(11)27/h2-5,7-9H,6H2,1H3,(H2,31,32,34). The molecule has 4 aromatic heterocycles. The normalized spacial score (nSPS) is 12.0. The highest BCUT2D eigenvalue weighted by Crippen LogP contribution is 2.38. The molecule has 0 aliphatic heterocycles. The maximum Gasteiger partial charge on any atom is 0.435 e. The lowest BCUT2D eigenvalue weighted by atomic mass is 10.1. The van der Waals surface area contributed by atoms with Crippen molar-refractivity contribution >= 4 is 11.3 Å². The van der Waals surface area contributed by atoms with E-state index in [0.717, 1.165) is 35.4 Å². The van der Waals surface area contributed by atoms with Gasteiger partial charge in [0.1, 0.15) is 29.0 Å². The number of anilines is 1. The molecular formula is C23H14F7N7. The van der Waals surface area contributed by atoms with Crippen molar-refractivity contribution in [2.45, 2.75) is 12.6 Å². The number of nitrogen functional groups attached to an aromatic ring is 1.